The molecule has 1 spiro atoms. The normalized spacial score (nSPS) is 18.1. The Balaban J connectivity index is 1.54. The Morgan fingerprint density at radius 3 is 2.67 bits per heavy atom. The smallest absolute Gasteiger partial charge is 0.325 e. The van der Waals surface area contributed by atoms with Gasteiger partial charge in [-0.3, -0.25) is 14.5 Å². The second-order valence-corrected chi connectivity index (χ2v) is 7.82. The number of hydrogen-bond donors (Lipinski definition) is 2. The van der Waals surface area contributed by atoms with Crippen LogP contribution >= 0.6 is 11.6 Å². The number of rotatable bonds is 6. The second-order valence-electron chi connectivity index (χ2n) is 7.38. The Labute approximate surface area is 164 Å². The Bertz CT molecular complexity index is 759. The first-order valence-electron chi connectivity index (χ1n) is 9.23. The van der Waals surface area contributed by atoms with Gasteiger partial charge in [-0.15, -0.1) is 0 Å². The topological polar surface area (TPSA) is 81.8 Å². The van der Waals surface area contributed by atoms with Gasteiger partial charge in [0.15, 0.2) is 0 Å². The lowest BCUT2D eigenvalue weighted by atomic mass is 9.98. The van der Waals surface area contributed by atoms with Crippen molar-refractivity contribution in [2.24, 2.45) is 0 Å². The highest BCUT2D eigenvalue weighted by molar-refractivity contribution is 6.31. The summed E-state index contributed by atoms with van der Waals surface area (Å²) in [6.07, 6.45) is 3.95. The molecule has 0 bridgehead atoms. The molecule has 2 N–H and O–H groups in total. The van der Waals surface area contributed by atoms with E-state index in [9.17, 15) is 14.4 Å². The molecule has 1 aliphatic carbocycles. The molecule has 7 nitrogen and oxygen atoms in total. The number of nitrogens with zero attached hydrogens (tertiary/aromatic N) is 2. The summed E-state index contributed by atoms with van der Waals surface area (Å²) < 4.78 is 0. The van der Waals surface area contributed by atoms with Crippen LogP contribution in [0.3, 0.4) is 0 Å². The van der Waals surface area contributed by atoms with E-state index in [-0.39, 0.29) is 30.8 Å². The molecular weight excluding hydrogens is 368 g/mol. The lowest BCUT2D eigenvalue weighted by Gasteiger charge is -2.20. The van der Waals surface area contributed by atoms with Crippen LogP contribution in [0.15, 0.2) is 18.2 Å². The second kappa shape index (κ2) is 7.76. The number of carbonyl (C=O) groups excluding carboxylic acids is 3. The van der Waals surface area contributed by atoms with E-state index in [4.69, 9.17) is 11.6 Å². The third kappa shape index (κ3) is 4.03. The zero-order valence-corrected chi connectivity index (χ0v) is 16.4. The van der Waals surface area contributed by atoms with Gasteiger partial charge >= 0.3 is 6.03 Å². The van der Waals surface area contributed by atoms with Gasteiger partial charge in [0, 0.05) is 32.1 Å². The van der Waals surface area contributed by atoms with Crippen molar-refractivity contribution in [1.29, 1.82) is 0 Å². The molecule has 1 aromatic rings. The first kappa shape index (κ1) is 19.5. The van der Waals surface area contributed by atoms with E-state index in [1.54, 1.807) is 12.1 Å². The molecule has 4 amide bonds. The van der Waals surface area contributed by atoms with Crippen LogP contribution in [-0.4, -0.2) is 48.9 Å². The van der Waals surface area contributed by atoms with Crippen LogP contribution in [0.4, 0.5) is 16.2 Å². The number of carbonyl (C=O) groups is 3. The van der Waals surface area contributed by atoms with Crippen molar-refractivity contribution >= 4 is 40.8 Å². The number of hydrogen-bond acceptors (Lipinski definition) is 4. The predicted molar refractivity (Wildman–Crippen MR) is 105 cm³/mol. The van der Waals surface area contributed by atoms with Gasteiger partial charge in [0.25, 0.3) is 5.91 Å². The molecule has 0 aromatic heterocycles. The number of nitrogens with one attached hydrogen (secondary N) is 2. The third-order valence-electron chi connectivity index (χ3n) is 5.20. The molecule has 0 radical (unpaired) electrons. The quantitative estimate of drug-likeness (QED) is 0.729. The number of halogens is 1. The molecular formula is C19H25ClN4O3. The zero-order valence-electron chi connectivity index (χ0n) is 15.7. The van der Waals surface area contributed by atoms with Crippen molar-refractivity contribution in [2.45, 2.75) is 44.1 Å². The highest BCUT2D eigenvalue weighted by Gasteiger charge is 2.51. The molecule has 0 atom stereocenters. The van der Waals surface area contributed by atoms with E-state index in [0.29, 0.717) is 30.0 Å². The van der Waals surface area contributed by atoms with Gasteiger partial charge in [-0.1, -0.05) is 24.4 Å². The first-order chi connectivity index (χ1) is 12.8. The Hall–Kier alpha value is -2.28. The molecule has 1 heterocycles. The summed E-state index contributed by atoms with van der Waals surface area (Å²) in [7, 11) is 3.77. The molecule has 1 saturated heterocycles. The highest BCUT2D eigenvalue weighted by Crippen LogP contribution is 2.35. The van der Waals surface area contributed by atoms with E-state index in [2.05, 4.69) is 10.6 Å². The van der Waals surface area contributed by atoms with E-state index in [0.717, 1.165) is 18.5 Å². The molecule has 3 rings (SSSR count). The summed E-state index contributed by atoms with van der Waals surface area (Å²) in [5.74, 6) is -0.321. The van der Waals surface area contributed by atoms with Crippen molar-refractivity contribution in [3.63, 3.8) is 0 Å². The monoisotopic (exact) mass is 392 g/mol. The van der Waals surface area contributed by atoms with Crippen LogP contribution in [0.2, 0.25) is 5.02 Å². The zero-order chi connectivity index (χ0) is 19.6. The van der Waals surface area contributed by atoms with E-state index in [1.807, 2.05) is 25.1 Å². The molecule has 2 fully saturated rings. The minimum atomic E-state index is -0.694. The van der Waals surface area contributed by atoms with Crippen molar-refractivity contribution in [2.75, 3.05) is 30.9 Å². The number of amides is 4. The van der Waals surface area contributed by atoms with Gasteiger partial charge in [0.05, 0.1) is 11.4 Å². The molecule has 146 valence electrons. The number of imide groups is 1. The Kier molecular flexibility index (Phi) is 5.60. The first-order valence-corrected chi connectivity index (χ1v) is 9.61. The summed E-state index contributed by atoms with van der Waals surface area (Å²) in [6.45, 7) is 0.246. The number of anilines is 2. The standard InChI is InChI=1S/C19H25ClN4O3/c1-23(2)15-8-7-13(20)12-14(15)21-16(25)6-5-11-24-17(26)19(22-18(24)27)9-3-4-10-19/h7-8,12H,3-6,9-11H2,1-2H3,(H,21,25)(H,22,27). The van der Waals surface area contributed by atoms with Crippen LogP contribution in [0.1, 0.15) is 38.5 Å². The van der Waals surface area contributed by atoms with Crippen LogP contribution < -0.4 is 15.5 Å². The average molecular weight is 393 g/mol. The lowest BCUT2D eigenvalue weighted by Crippen LogP contribution is -2.44. The van der Waals surface area contributed by atoms with Crippen LogP contribution in [0, 0.1) is 0 Å². The van der Waals surface area contributed by atoms with Crippen molar-refractivity contribution < 1.29 is 14.4 Å². The van der Waals surface area contributed by atoms with Crippen LogP contribution in [0.5, 0.6) is 0 Å². The largest absolute Gasteiger partial charge is 0.376 e. The van der Waals surface area contributed by atoms with Crippen molar-refractivity contribution in [3.05, 3.63) is 23.2 Å². The van der Waals surface area contributed by atoms with Crippen LogP contribution in [-0.2, 0) is 9.59 Å². The van der Waals surface area contributed by atoms with Gasteiger partial charge in [-0.25, -0.2) is 4.79 Å². The molecule has 1 aliphatic heterocycles. The Morgan fingerprint density at radius 1 is 1.30 bits per heavy atom. The fraction of sp³-hybridized carbons (Fsp3) is 0.526. The molecule has 1 aromatic carbocycles. The fourth-order valence-corrected chi connectivity index (χ4v) is 3.98. The summed E-state index contributed by atoms with van der Waals surface area (Å²) in [5.41, 5.74) is 0.795. The molecule has 2 aliphatic rings. The molecule has 0 unspecified atom stereocenters. The number of urea groups is 1. The molecule has 8 heteroatoms. The van der Waals surface area contributed by atoms with Gasteiger partial charge in [0.1, 0.15) is 5.54 Å². The lowest BCUT2D eigenvalue weighted by molar-refractivity contribution is -0.131. The minimum absolute atomic E-state index is 0.143. The summed E-state index contributed by atoms with van der Waals surface area (Å²) >= 11 is 6.03. The van der Waals surface area contributed by atoms with Gasteiger partial charge in [0.2, 0.25) is 5.91 Å². The van der Waals surface area contributed by atoms with Gasteiger partial charge in [-0.05, 0) is 37.5 Å². The summed E-state index contributed by atoms with van der Waals surface area (Å²) in [6, 6.07) is 4.97. The maximum atomic E-state index is 12.6. The Morgan fingerprint density at radius 2 is 2.00 bits per heavy atom. The van der Waals surface area contributed by atoms with E-state index in [1.165, 1.54) is 4.90 Å². The van der Waals surface area contributed by atoms with E-state index < -0.39 is 5.54 Å². The van der Waals surface area contributed by atoms with Crippen molar-refractivity contribution in [3.8, 4) is 0 Å². The van der Waals surface area contributed by atoms with E-state index >= 15 is 0 Å². The number of benzene rings is 1. The fourth-order valence-electron chi connectivity index (χ4n) is 3.81. The van der Waals surface area contributed by atoms with Crippen LogP contribution in [0.25, 0.3) is 0 Å². The minimum Gasteiger partial charge on any atom is -0.376 e. The van der Waals surface area contributed by atoms with Gasteiger partial charge in [-0.2, -0.15) is 0 Å². The SMILES string of the molecule is CN(C)c1ccc(Cl)cc1NC(=O)CCCN1C(=O)NC2(CCCC2)C1=O. The third-order valence-corrected chi connectivity index (χ3v) is 5.44. The molecule has 1 saturated carbocycles. The predicted octanol–water partition coefficient (Wildman–Crippen LogP) is 2.99. The van der Waals surface area contributed by atoms with Gasteiger partial charge < -0.3 is 15.5 Å². The van der Waals surface area contributed by atoms with Crippen molar-refractivity contribution in [1.82, 2.24) is 10.2 Å². The summed E-state index contributed by atoms with van der Waals surface area (Å²) in [5, 5.41) is 6.25. The maximum absolute atomic E-state index is 12.6. The average Bonchev–Trinajstić information content (AvgIpc) is 3.15. The maximum Gasteiger partial charge on any atom is 0.325 e. The molecule has 27 heavy (non-hydrogen) atoms. The highest BCUT2D eigenvalue weighted by atomic mass is 35.5. The summed E-state index contributed by atoms with van der Waals surface area (Å²) in [4.78, 5) is 40.2.